The normalized spacial score (nSPS) is 23.9. The number of aliphatic hydroxyl groups is 1. The number of unbranched alkanes of at least 4 members (excludes halogenated alkanes) is 1. The van der Waals surface area contributed by atoms with Crippen LogP contribution in [0.4, 0.5) is 0 Å². The molecule has 1 saturated heterocycles. The number of hydrogen-bond donors (Lipinski definition) is 3. The lowest BCUT2D eigenvalue weighted by Gasteiger charge is -2.38. The number of rotatable bonds is 10. The number of nitrogens with zero attached hydrogens (tertiary/aromatic N) is 1. The van der Waals surface area contributed by atoms with E-state index in [2.05, 4.69) is 17.1 Å². The Morgan fingerprint density at radius 2 is 2.15 bits per heavy atom. The minimum atomic E-state index is -0.694. The number of piperidine rings is 1. The Balaban J connectivity index is 2.41. The highest BCUT2D eigenvalue weighted by Gasteiger charge is 2.26. The molecule has 0 bridgehead atoms. The maximum atomic E-state index is 10.7. The van der Waals surface area contributed by atoms with Crippen LogP contribution in [0.25, 0.3) is 0 Å². The highest BCUT2D eigenvalue weighted by molar-refractivity contribution is 5.66. The third kappa shape index (κ3) is 7.22. The minimum absolute atomic E-state index is 0.224. The molecule has 1 aliphatic rings. The van der Waals surface area contributed by atoms with Gasteiger partial charge in [-0.15, -0.1) is 0 Å². The van der Waals surface area contributed by atoms with Crippen LogP contribution < -0.4 is 5.32 Å². The van der Waals surface area contributed by atoms with Gasteiger partial charge in [-0.3, -0.25) is 4.79 Å². The summed E-state index contributed by atoms with van der Waals surface area (Å²) in [5, 5.41) is 21.2. The molecule has 1 fully saturated rings. The highest BCUT2D eigenvalue weighted by atomic mass is 16.4. The summed E-state index contributed by atoms with van der Waals surface area (Å²) in [6.07, 6.45) is 5.28. The monoisotopic (exact) mass is 286 g/mol. The van der Waals surface area contributed by atoms with Crippen LogP contribution >= 0.6 is 0 Å². The van der Waals surface area contributed by atoms with E-state index in [1.165, 1.54) is 12.8 Å². The molecule has 1 heterocycles. The number of hydrogen-bond acceptors (Lipinski definition) is 4. The van der Waals surface area contributed by atoms with Crippen LogP contribution in [0.15, 0.2) is 0 Å². The van der Waals surface area contributed by atoms with Crippen molar-refractivity contribution in [2.45, 2.75) is 51.5 Å². The molecule has 5 heteroatoms. The molecule has 3 N–H and O–H groups in total. The van der Waals surface area contributed by atoms with Crippen molar-refractivity contribution in [2.75, 3.05) is 32.8 Å². The van der Waals surface area contributed by atoms with E-state index in [1.807, 2.05) is 0 Å². The van der Waals surface area contributed by atoms with Crippen molar-refractivity contribution < 1.29 is 15.0 Å². The van der Waals surface area contributed by atoms with Crippen molar-refractivity contribution in [2.24, 2.45) is 5.92 Å². The molecule has 0 amide bonds. The zero-order chi connectivity index (χ0) is 14.8. The lowest BCUT2D eigenvalue weighted by atomic mass is 9.90. The van der Waals surface area contributed by atoms with Gasteiger partial charge in [-0.25, -0.2) is 0 Å². The molecule has 20 heavy (non-hydrogen) atoms. The molecule has 0 aromatic rings. The summed E-state index contributed by atoms with van der Waals surface area (Å²) in [6, 6.07) is 0.436. The van der Waals surface area contributed by atoms with Crippen LogP contribution in [0.3, 0.4) is 0 Å². The summed E-state index contributed by atoms with van der Waals surface area (Å²) in [4.78, 5) is 13.2. The van der Waals surface area contributed by atoms with Gasteiger partial charge < -0.3 is 20.4 Å². The van der Waals surface area contributed by atoms with E-state index in [9.17, 15) is 4.79 Å². The van der Waals surface area contributed by atoms with Gasteiger partial charge in [-0.1, -0.05) is 13.3 Å². The second-order valence-corrected chi connectivity index (χ2v) is 5.88. The zero-order valence-corrected chi connectivity index (χ0v) is 12.7. The topological polar surface area (TPSA) is 72.8 Å². The fourth-order valence-corrected chi connectivity index (χ4v) is 2.94. The van der Waals surface area contributed by atoms with Gasteiger partial charge in [0.2, 0.25) is 0 Å². The predicted molar refractivity (Wildman–Crippen MR) is 79.8 cm³/mol. The Morgan fingerprint density at radius 1 is 1.35 bits per heavy atom. The molecule has 0 aliphatic carbocycles. The molecule has 0 spiro atoms. The van der Waals surface area contributed by atoms with Crippen LogP contribution in [0.1, 0.15) is 45.4 Å². The first-order valence-corrected chi connectivity index (χ1v) is 7.94. The Morgan fingerprint density at radius 3 is 2.80 bits per heavy atom. The first-order chi connectivity index (χ1) is 9.65. The van der Waals surface area contributed by atoms with Gasteiger partial charge in [0.1, 0.15) is 0 Å². The second-order valence-electron chi connectivity index (χ2n) is 5.88. The first-order valence-electron chi connectivity index (χ1n) is 7.94. The summed E-state index contributed by atoms with van der Waals surface area (Å²) in [7, 11) is 0. The summed E-state index contributed by atoms with van der Waals surface area (Å²) in [6.45, 7) is 6.46. The van der Waals surface area contributed by atoms with Gasteiger partial charge >= 0.3 is 5.97 Å². The van der Waals surface area contributed by atoms with E-state index in [1.54, 1.807) is 0 Å². The number of carboxylic acids is 1. The smallest absolute Gasteiger partial charge is 0.303 e. The largest absolute Gasteiger partial charge is 0.481 e. The highest BCUT2D eigenvalue weighted by Crippen LogP contribution is 2.22. The molecule has 118 valence electrons. The Kier molecular flexibility index (Phi) is 8.82. The van der Waals surface area contributed by atoms with E-state index in [0.717, 1.165) is 45.4 Å². The van der Waals surface area contributed by atoms with Crippen molar-refractivity contribution >= 4 is 5.97 Å². The van der Waals surface area contributed by atoms with Crippen LogP contribution in [0.2, 0.25) is 0 Å². The third-order valence-electron chi connectivity index (χ3n) is 3.98. The van der Waals surface area contributed by atoms with E-state index in [-0.39, 0.29) is 13.0 Å². The average Bonchev–Trinajstić information content (AvgIpc) is 2.43. The fraction of sp³-hybridized carbons (Fsp3) is 0.933. The average molecular weight is 286 g/mol. The molecule has 0 aromatic heterocycles. The van der Waals surface area contributed by atoms with Gasteiger partial charge in [0.25, 0.3) is 0 Å². The molecular formula is C15H30N2O3. The van der Waals surface area contributed by atoms with Gasteiger partial charge in [-0.2, -0.15) is 0 Å². The predicted octanol–water partition coefficient (Wildman–Crippen LogP) is 1.31. The zero-order valence-electron chi connectivity index (χ0n) is 12.7. The SMILES string of the molecule is CCCCN1CC(CCC(=O)O)CC(NCCCO)C1. The van der Waals surface area contributed by atoms with Crippen molar-refractivity contribution in [3.8, 4) is 0 Å². The van der Waals surface area contributed by atoms with Crippen LogP contribution in [-0.2, 0) is 4.79 Å². The van der Waals surface area contributed by atoms with Gasteiger partial charge in [0.15, 0.2) is 0 Å². The third-order valence-corrected chi connectivity index (χ3v) is 3.98. The Bertz CT molecular complexity index is 274. The van der Waals surface area contributed by atoms with Gasteiger partial charge in [-0.05, 0) is 44.7 Å². The Hall–Kier alpha value is -0.650. The molecule has 2 unspecified atom stereocenters. The van der Waals surface area contributed by atoms with Crippen molar-refractivity contribution in [3.63, 3.8) is 0 Å². The van der Waals surface area contributed by atoms with Crippen molar-refractivity contribution in [1.82, 2.24) is 10.2 Å². The molecule has 0 saturated carbocycles. The summed E-state index contributed by atoms with van der Waals surface area (Å²) in [5.74, 6) is -0.219. The van der Waals surface area contributed by atoms with Crippen molar-refractivity contribution in [1.29, 1.82) is 0 Å². The van der Waals surface area contributed by atoms with Crippen molar-refractivity contribution in [3.05, 3.63) is 0 Å². The molecule has 1 aliphatic heterocycles. The maximum Gasteiger partial charge on any atom is 0.303 e. The minimum Gasteiger partial charge on any atom is -0.481 e. The number of likely N-dealkylation sites (tertiary alicyclic amines) is 1. The molecule has 2 atom stereocenters. The van der Waals surface area contributed by atoms with E-state index >= 15 is 0 Å². The summed E-state index contributed by atoms with van der Waals surface area (Å²) in [5.41, 5.74) is 0. The van der Waals surface area contributed by atoms with Crippen LogP contribution in [0.5, 0.6) is 0 Å². The van der Waals surface area contributed by atoms with E-state index < -0.39 is 5.97 Å². The fourth-order valence-electron chi connectivity index (χ4n) is 2.94. The van der Waals surface area contributed by atoms with Crippen LogP contribution in [0, 0.1) is 5.92 Å². The van der Waals surface area contributed by atoms with Gasteiger partial charge in [0.05, 0.1) is 0 Å². The number of aliphatic hydroxyl groups excluding tert-OH is 1. The molecule has 0 radical (unpaired) electrons. The number of aliphatic carboxylic acids is 1. The Labute approximate surface area is 122 Å². The second kappa shape index (κ2) is 10.1. The van der Waals surface area contributed by atoms with Gasteiger partial charge in [0, 0.05) is 32.2 Å². The molecule has 5 nitrogen and oxygen atoms in total. The maximum absolute atomic E-state index is 10.7. The molecule has 1 rings (SSSR count). The molecule has 0 aromatic carbocycles. The number of carboxylic acid groups (broad SMARTS) is 1. The van der Waals surface area contributed by atoms with E-state index in [0.29, 0.717) is 12.0 Å². The van der Waals surface area contributed by atoms with E-state index in [4.69, 9.17) is 10.2 Å². The lowest BCUT2D eigenvalue weighted by molar-refractivity contribution is -0.137. The number of carbonyl (C=O) groups is 1. The number of nitrogens with one attached hydrogen (secondary N) is 1. The first kappa shape index (κ1) is 17.4. The summed E-state index contributed by atoms with van der Waals surface area (Å²) < 4.78 is 0. The standard InChI is InChI=1S/C15H30N2O3/c1-2-3-8-17-11-13(5-6-15(19)20)10-14(12-17)16-7-4-9-18/h13-14,16,18H,2-12H2,1H3,(H,19,20). The quantitative estimate of drug-likeness (QED) is 0.528. The molecular weight excluding hydrogens is 256 g/mol. The summed E-state index contributed by atoms with van der Waals surface area (Å²) >= 11 is 0. The lowest BCUT2D eigenvalue weighted by Crippen LogP contribution is -2.49. The van der Waals surface area contributed by atoms with Crippen LogP contribution in [-0.4, -0.2) is 59.9 Å².